The highest BCUT2D eigenvalue weighted by molar-refractivity contribution is 5.90. The van der Waals surface area contributed by atoms with Crippen molar-refractivity contribution in [3.8, 4) is 0 Å². The van der Waals surface area contributed by atoms with Gasteiger partial charge in [-0.15, -0.1) is 0 Å². The Bertz CT molecular complexity index is 204. The quantitative estimate of drug-likeness (QED) is 0.446. The first-order chi connectivity index (χ1) is 4.63. The lowest BCUT2D eigenvalue weighted by Crippen LogP contribution is -2.06. The third-order valence-corrected chi connectivity index (χ3v) is 0.965. The summed E-state index contributed by atoms with van der Waals surface area (Å²) in [4.78, 5) is 10.3. The molecule has 0 aromatic carbocycles. The van der Waals surface area contributed by atoms with Crippen LogP contribution in [-0.2, 0) is 4.79 Å². The number of hydrogen-bond donors (Lipinski definition) is 2. The maximum absolute atomic E-state index is 10.3. The fourth-order valence-corrected chi connectivity index (χ4v) is 0.439. The minimum Gasteiger partial charge on any atom is -0.478 e. The summed E-state index contributed by atoms with van der Waals surface area (Å²) in [5.41, 5.74) is 5.35. The van der Waals surface area contributed by atoms with Crippen LogP contribution < -0.4 is 5.73 Å². The van der Waals surface area contributed by atoms with Crippen LogP contribution in [0.1, 0.15) is 0 Å². The summed E-state index contributed by atoms with van der Waals surface area (Å²) >= 11 is 0. The summed E-state index contributed by atoms with van der Waals surface area (Å²) in [6.07, 6.45) is 2.45. The highest BCUT2D eigenvalue weighted by Crippen LogP contribution is 2.00. The second-order valence-corrected chi connectivity index (χ2v) is 1.58. The van der Waals surface area contributed by atoms with Gasteiger partial charge in [-0.3, -0.25) is 0 Å². The van der Waals surface area contributed by atoms with Crippen LogP contribution in [0, 0.1) is 0 Å². The molecule has 54 valence electrons. The number of nitrogens with two attached hydrogens (primary N) is 1. The normalized spacial score (nSPS) is 11.6. The number of carboxylic acids is 1. The van der Waals surface area contributed by atoms with Gasteiger partial charge in [0.05, 0.1) is 5.57 Å². The van der Waals surface area contributed by atoms with Crippen molar-refractivity contribution in [2.75, 3.05) is 0 Å². The van der Waals surface area contributed by atoms with Gasteiger partial charge in [-0.25, -0.2) is 4.79 Å². The Balaban J connectivity index is 4.79. The Morgan fingerprint density at radius 1 is 1.40 bits per heavy atom. The van der Waals surface area contributed by atoms with Gasteiger partial charge in [0.2, 0.25) is 0 Å². The molecule has 0 aliphatic heterocycles. The fraction of sp³-hybridized carbons (Fsp3) is 0. The maximum Gasteiger partial charge on any atom is 0.337 e. The lowest BCUT2D eigenvalue weighted by molar-refractivity contribution is -0.132. The molecule has 0 amide bonds. The Hall–Kier alpha value is -1.51. The van der Waals surface area contributed by atoms with Crippen LogP contribution >= 0.6 is 0 Å². The number of carboxylic acid groups (broad SMARTS) is 1. The molecule has 0 aliphatic carbocycles. The Morgan fingerprint density at radius 2 is 1.90 bits per heavy atom. The van der Waals surface area contributed by atoms with E-state index >= 15 is 0 Å². The molecule has 0 atom stereocenters. The van der Waals surface area contributed by atoms with Gasteiger partial charge in [0.25, 0.3) is 0 Å². The van der Waals surface area contributed by atoms with Crippen LogP contribution in [0.2, 0.25) is 0 Å². The number of hydrogen-bond acceptors (Lipinski definition) is 2. The van der Waals surface area contributed by atoms with Crippen molar-refractivity contribution in [1.82, 2.24) is 0 Å². The van der Waals surface area contributed by atoms with E-state index in [-0.39, 0.29) is 11.3 Å². The molecule has 0 aromatic rings. The van der Waals surface area contributed by atoms with Gasteiger partial charge in [0, 0.05) is 5.70 Å². The first-order valence-electron chi connectivity index (χ1n) is 2.61. The third-order valence-electron chi connectivity index (χ3n) is 0.965. The van der Waals surface area contributed by atoms with Crippen molar-refractivity contribution in [2.24, 2.45) is 5.73 Å². The standard InChI is InChI=1S/C7H9NO2/c1-3-5(7(9)10)6(8)4-2/h3-4H,1-2,8H2,(H,9,10)/b6-5-. The largest absolute Gasteiger partial charge is 0.478 e. The number of allylic oxidation sites excluding steroid dienone is 1. The fourth-order valence-electron chi connectivity index (χ4n) is 0.439. The van der Waals surface area contributed by atoms with Gasteiger partial charge in [-0.1, -0.05) is 19.2 Å². The molecule has 0 spiro atoms. The van der Waals surface area contributed by atoms with E-state index in [1.807, 2.05) is 0 Å². The van der Waals surface area contributed by atoms with Crippen molar-refractivity contribution >= 4 is 5.97 Å². The zero-order valence-corrected chi connectivity index (χ0v) is 5.50. The lowest BCUT2D eigenvalue weighted by Gasteiger charge is -1.95. The first-order valence-corrected chi connectivity index (χ1v) is 2.61. The van der Waals surface area contributed by atoms with E-state index in [1.165, 1.54) is 12.2 Å². The summed E-state index contributed by atoms with van der Waals surface area (Å²) in [5, 5.41) is 8.42. The zero-order valence-electron chi connectivity index (χ0n) is 5.50. The molecule has 0 radical (unpaired) electrons. The SMILES string of the molecule is C=C/C(N)=C(\C=C)C(=O)O. The topological polar surface area (TPSA) is 63.3 Å². The first kappa shape index (κ1) is 8.49. The summed E-state index contributed by atoms with van der Waals surface area (Å²) in [5.74, 6) is -1.09. The van der Waals surface area contributed by atoms with Gasteiger partial charge >= 0.3 is 5.97 Å². The van der Waals surface area contributed by atoms with Crippen LogP contribution in [0.3, 0.4) is 0 Å². The molecule has 3 nitrogen and oxygen atoms in total. The lowest BCUT2D eigenvalue weighted by atomic mass is 10.2. The van der Waals surface area contributed by atoms with Crippen molar-refractivity contribution < 1.29 is 9.90 Å². The van der Waals surface area contributed by atoms with E-state index in [1.54, 1.807) is 0 Å². The Morgan fingerprint density at radius 3 is 2.00 bits per heavy atom. The van der Waals surface area contributed by atoms with E-state index in [0.29, 0.717) is 0 Å². The Kier molecular flexibility index (Phi) is 2.97. The molecule has 0 fully saturated rings. The van der Waals surface area contributed by atoms with Gasteiger partial charge < -0.3 is 10.8 Å². The monoisotopic (exact) mass is 139 g/mol. The molecule has 0 saturated carbocycles. The van der Waals surface area contributed by atoms with E-state index in [0.717, 1.165) is 0 Å². The van der Waals surface area contributed by atoms with E-state index in [4.69, 9.17) is 10.8 Å². The van der Waals surface area contributed by atoms with Crippen LogP contribution in [-0.4, -0.2) is 11.1 Å². The highest BCUT2D eigenvalue weighted by atomic mass is 16.4. The van der Waals surface area contributed by atoms with Crippen LogP contribution in [0.15, 0.2) is 36.6 Å². The molecular formula is C7H9NO2. The van der Waals surface area contributed by atoms with Crippen LogP contribution in [0.5, 0.6) is 0 Å². The average molecular weight is 139 g/mol. The van der Waals surface area contributed by atoms with Gasteiger partial charge in [-0.05, 0) is 6.08 Å². The molecule has 0 rings (SSSR count). The van der Waals surface area contributed by atoms with Crippen molar-refractivity contribution in [3.05, 3.63) is 36.6 Å². The molecule has 10 heavy (non-hydrogen) atoms. The number of aliphatic carboxylic acids is 1. The van der Waals surface area contributed by atoms with Crippen molar-refractivity contribution in [3.63, 3.8) is 0 Å². The van der Waals surface area contributed by atoms with Crippen molar-refractivity contribution in [2.45, 2.75) is 0 Å². The maximum atomic E-state index is 10.3. The number of carbonyl (C=O) groups is 1. The average Bonchev–Trinajstić information content (AvgIpc) is 1.88. The van der Waals surface area contributed by atoms with E-state index in [2.05, 4.69) is 13.2 Å². The number of rotatable bonds is 3. The summed E-state index contributed by atoms with van der Waals surface area (Å²) in [6.45, 7) is 6.60. The van der Waals surface area contributed by atoms with Gasteiger partial charge in [0.15, 0.2) is 0 Å². The van der Waals surface area contributed by atoms with Gasteiger partial charge in [0.1, 0.15) is 0 Å². The van der Waals surface area contributed by atoms with E-state index in [9.17, 15) is 4.79 Å². The zero-order chi connectivity index (χ0) is 8.15. The smallest absolute Gasteiger partial charge is 0.337 e. The molecule has 3 N–H and O–H groups in total. The second-order valence-electron chi connectivity index (χ2n) is 1.58. The summed E-state index contributed by atoms with van der Waals surface area (Å²) < 4.78 is 0. The van der Waals surface area contributed by atoms with E-state index < -0.39 is 5.97 Å². The molecule has 0 saturated heterocycles. The second kappa shape index (κ2) is 3.50. The molecule has 0 aromatic heterocycles. The minimum atomic E-state index is -1.09. The molecule has 0 heterocycles. The summed E-state index contributed by atoms with van der Waals surface area (Å²) in [7, 11) is 0. The molecule has 3 heteroatoms. The predicted octanol–water partition coefficient (Wildman–Crippen LogP) is 0.656. The molecular weight excluding hydrogens is 130 g/mol. The molecule has 0 bridgehead atoms. The van der Waals surface area contributed by atoms with Gasteiger partial charge in [-0.2, -0.15) is 0 Å². The third kappa shape index (κ3) is 1.78. The van der Waals surface area contributed by atoms with Crippen LogP contribution in [0.4, 0.5) is 0 Å². The summed E-state index contributed by atoms with van der Waals surface area (Å²) in [6, 6.07) is 0. The molecule has 0 aliphatic rings. The molecule has 0 unspecified atom stereocenters. The predicted molar refractivity (Wildman–Crippen MR) is 39.2 cm³/mol. The highest BCUT2D eigenvalue weighted by Gasteiger charge is 2.04. The minimum absolute atomic E-state index is 0.0185. The van der Waals surface area contributed by atoms with Crippen LogP contribution in [0.25, 0.3) is 0 Å². The Labute approximate surface area is 59.2 Å². The van der Waals surface area contributed by atoms with Crippen molar-refractivity contribution in [1.29, 1.82) is 0 Å².